The molecule has 0 saturated carbocycles. The van der Waals surface area contributed by atoms with Gasteiger partial charge in [-0.15, -0.1) is 21.5 Å². The van der Waals surface area contributed by atoms with E-state index in [1.165, 1.54) is 0 Å². The number of phenolic OH excluding ortho intramolecular Hbond substituents is 1. The number of aromatic hydroxyl groups is 1. The van der Waals surface area contributed by atoms with Gasteiger partial charge in [0, 0.05) is 18.4 Å². The van der Waals surface area contributed by atoms with Crippen LogP contribution >= 0.6 is 11.3 Å². The summed E-state index contributed by atoms with van der Waals surface area (Å²) in [5.41, 5.74) is 1.23. The fourth-order valence-electron chi connectivity index (χ4n) is 2.00. The fraction of sp³-hybridized carbons (Fsp3) is 0.500. The van der Waals surface area contributed by atoms with E-state index in [0.717, 1.165) is 41.4 Å². The van der Waals surface area contributed by atoms with Crippen molar-refractivity contribution in [3.05, 3.63) is 39.8 Å². The van der Waals surface area contributed by atoms with Crippen molar-refractivity contribution >= 4 is 11.3 Å². The predicted molar refractivity (Wildman–Crippen MR) is 86.9 cm³/mol. The van der Waals surface area contributed by atoms with Gasteiger partial charge in [0.05, 0.1) is 0 Å². The van der Waals surface area contributed by atoms with E-state index in [-0.39, 0.29) is 5.54 Å². The summed E-state index contributed by atoms with van der Waals surface area (Å²) >= 11 is 1.66. The Morgan fingerprint density at radius 3 is 2.67 bits per heavy atom. The van der Waals surface area contributed by atoms with Crippen LogP contribution in [-0.2, 0) is 12.8 Å². The molecule has 2 aromatic rings. The molecule has 0 unspecified atom stereocenters. The van der Waals surface area contributed by atoms with Gasteiger partial charge in [-0.3, -0.25) is 0 Å². The first-order valence-corrected chi connectivity index (χ1v) is 8.08. The van der Waals surface area contributed by atoms with E-state index < -0.39 is 0 Å². The maximum atomic E-state index is 9.47. The minimum absolute atomic E-state index is 0.168. The standard InChI is InChI=1S/C16H23N3OS/c1-16(2,3)17-9-5-8-14-18-19-15(21-14)11-12-6-4-7-13(20)10-12/h4,6-7,10,17,20H,5,8-9,11H2,1-3H3. The van der Waals surface area contributed by atoms with Gasteiger partial charge in [-0.1, -0.05) is 12.1 Å². The van der Waals surface area contributed by atoms with Gasteiger partial charge in [0.25, 0.3) is 0 Å². The highest BCUT2D eigenvalue weighted by Crippen LogP contribution is 2.18. The summed E-state index contributed by atoms with van der Waals surface area (Å²) in [4.78, 5) is 0. The SMILES string of the molecule is CC(C)(C)NCCCc1nnc(Cc2cccc(O)c2)s1. The van der Waals surface area contributed by atoms with Gasteiger partial charge in [0.15, 0.2) is 0 Å². The van der Waals surface area contributed by atoms with E-state index in [1.54, 1.807) is 23.5 Å². The van der Waals surface area contributed by atoms with Gasteiger partial charge >= 0.3 is 0 Å². The Hall–Kier alpha value is -1.46. The lowest BCUT2D eigenvalue weighted by Crippen LogP contribution is -2.36. The van der Waals surface area contributed by atoms with Gasteiger partial charge in [-0.25, -0.2) is 0 Å². The number of hydrogen-bond acceptors (Lipinski definition) is 5. The van der Waals surface area contributed by atoms with Crippen molar-refractivity contribution in [2.75, 3.05) is 6.54 Å². The van der Waals surface area contributed by atoms with Crippen LogP contribution < -0.4 is 5.32 Å². The Morgan fingerprint density at radius 1 is 1.19 bits per heavy atom. The molecular formula is C16H23N3OS. The Bertz CT molecular complexity index is 575. The van der Waals surface area contributed by atoms with Gasteiger partial charge in [0.1, 0.15) is 15.8 Å². The summed E-state index contributed by atoms with van der Waals surface area (Å²) < 4.78 is 0. The van der Waals surface area contributed by atoms with Crippen LogP contribution in [-0.4, -0.2) is 27.4 Å². The van der Waals surface area contributed by atoms with Crippen molar-refractivity contribution in [2.45, 2.75) is 45.6 Å². The summed E-state index contributed by atoms with van der Waals surface area (Å²) in [6, 6.07) is 7.30. The number of aryl methyl sites for hydroxylation is 1. The lowest BCUT2D eigenvalue weighted by atomic mass is 10.1. The lowest BCUT2D eigenvalue weighted by molar-refractivity contribution is 0.422. The number of nitrogens with one attached hydrogen (secondary N) is 1. The van der Waals surface area contributed by atoms with E-state index in [0.29, 0.717) is 5.75 Å². The molecule has 0 atom stereocenters. The third-order valence-electron chi connectivity index (χ3n) is 3.00. The fourth-order valence-corrected chi connectivity index (χ4v) is 2.93. The minimum Gasteiger partial charge on any atom is -0.508 e. The van der Waals surface area contributed by atoms with Gasteiger partial charge in [-0.2, -0.15) is 0 Å². The smallest absolute Gasteiger partial charge is 0.121 e. The number of phenols is 1. The second-order valence-corrected chi connectivity index (χ2v) is 7.36. The monoisotopic (exact) mass is 305 g/mol. The first-order valence-electron chi connectivity index (χ1n) is 7.26. The topological polar surface area (TPSA) is 58.0 Å². The molecule has 114 valence electrons. The Labute approximate surface area is 130 Å². The summed E-state index contributed by atoms with van der Waals surface area (Å²) in [5, 5.41) is 23.5. The van der Waals surface area contributed by atoms with E-state index in [9.17, 15) is 5.11 Å². The zero-order chi connectivity index (χ0) is 15.3. The number of nitrogens with zero attached hydrogens (tertiary/aromatic N) is 2. The van der Waals surface area contributed by atoms with Crippen LogP contribution in [0.3, 0.4) is 0 Å². The third kappa shape index (κ3) is 5.81. The average molecular weight is 305 g/mol. The zero-order valence-corrected chi connectivity index (χ0v) is 13.7. The normalized spacial score (nSPS) is 11.8. The quantitative estimate of drug-likeness (QED) is 0.805. The zero-order valence-electron chi connectivity index (χ0n) is 12.9. The molecule has 0 aliphatic carbocycles. The third-order valence-corrected chi connectivity index (χ3v) is 3.98. The number of aromatic nitrogens is 2. The number of rotatable bonds is 6. The number of hydrogen-bond donors (Lipinski definition) is 2. The largest absolute Gasteiger partial charge is 0.508 e. The Balaban J connectivity index is 1.81. The highest BCUT2D eigenvalue weighted by molar-refractivity contribution is 7.11. The molecule has 0 aliphatic heterocycles. The molecule has 0 amide bonds. The van der Waals surface area contributed by atoms with Crippen molar-refractivity contribution in [2.24, 2.45) is 0 Å². The summed E-state index contributed by atoms with van der Waals surface area (Å²) in [6.45, 7) is 7.51. The molecule has 0 fully saturated rings. The molecule has 0 spiro atoms. The van der Waals surface area contributed by atoms with Crippen LogP contribution in [0.2, 0.25) is 0 Å². The lowest BCUT2D eigenvalue weighted by Gasteiger charge is -2.20. The van der Waals surface area contributed by atoms with Crippen molar-refractivity contribution in [1.29, 1.82) is 0 Å². The molecule has 21 heavy (non-hydrogen) atoms. The second kappa shape index (κ2) is 7.00. The molecule has 1 aromatic carbocycles. The number of benzene rings is 1. The summed E-state index contributed by atoms with van der Waals surface area (Å²) in [7, 11) is 0. The van der Waals surface area contributed by atoms with Crippen molar-refractivity contribution in [3.63, 3.8) is 0 Å². The average Bonchev–Trinajstić information content (AvgIpc) is 2.81. The molecule has 2 rings (SSSR count). The van der Waals surface area contributed by atoms with E-state index >= 15 is 0 Å². The highest BCUT2D eigenvalue weighted by atomic mass is 32.1. The summed E-state index contributed by atoms with van der Waals surface area (Å²) in [5.74, 6) is 0.297. The first-order chi connectivity index (χ1) is 9.92. The second-order valence-electron chi connectivity index (χ2n) is 6.22. The van der Waals surface area contributed by atoms with Gasteiger partial charge in [0.2, 0.25) is 0 Å². The van der Waals surface area contributed by atoms with Crippen LogP contribution in [0.25, 0.3) is 0 Å². The molecule has 0 aliphatic rings. The van der Waals surface area contributed by atoms with E-state index in [4.69, 9.17) is 0 Å². The first kappa shape index (κ1) is 15.9. The molecule has 0 bridgehead atoms. The molecule has 0 saturated heterocycles. The molecule has 0 radical (unpaired) electrons. The molecule has 1 heterocycles. The van der Waals surface area contributed by atoms with E-state index in [2.05, 4.69) is 36.3 Å². The maximum absolute atomic E-state index is 9.47. The van der Waals surface area contributed by atoms with Crippen LogP contribution in [0.15, 0.2) is 24.3 Å². The molecule has 1 aromatic heterocycles. The molecular weight excluding hydrogens is 282 g/mol. The highest BCUT2D eigenvalue weighted by Gasteiger charge is 2.09. The van der Waals surface area contributed by atoms with E-state index in [1.807, 2.05) is 12.1 Å². The summed E-state index contributed by atoms with van der Waals surface area (Å²) in [6.07, 6.45) is 2.76. The van der Waals surface area contributed by atoms with Crippen LogP contribution in [0, 0.1) is 0 Å². The van der Waals surface area contributed by atoms with Crippen LogP contribution in [0.5, 0.6) is 5.75 Å². The molecule has 5 heteroatoms. The van der Waals surface area contributed by atoms with Crippen molar-refractivity contribution < 1.29 is 5.11 Å². The molecule has 4 nitrogen and oxygen atoms in total. The van der Waals surface area contributed by atoms with Gasteiger partial charge in [-0.05, 0) is 51.4 Å². The minimum atomic E-state index is 0.168. The molecule has 2 N–H and O–H groups in total. The van der Waals surface area contributed by atoms with Crippen molar-refractivity contribution in [1.82, 2.24) is 15.5 Å². The Morgan fingerprint density at radius 2 is 1.95 bits per heavy atom. The Kier molecular flexibility index (Phi) is 5.31. The van der Waals surface area contributed by atoms with Crippen LogP contribution in [0.1, 0.15) is 42.8 Å². The van der Waals surface area contributed by atoms with Crippen LogP contribution in [0.4, 0.5) is 0 Å². The predicted octanol–water partition coefficient (Wildman–Crippen LogP) is 3.16. The maximum Gasteiger partial charge on any atom is 0.121 e. The van der Waals surface area contributed by atoms with Gasteiger partial charge < -0.3 is 10.4 Å². The van der Waals surface area contributed by atoms with Crippen molar-refractivity contribution in [3.8, 4) is 5.75 Å².